The molecule has 0 saturated carbocycles. The molecule has 40 heavy (non-hydrogen) atoms. The summed E-state index contributed by atoms with van der Waals surface area (Å²) in [6.07, 6.45) is 3.95. The number of pyridine rings is 1. The van der Waals surface area contributed by atoms with Crippen molar-refractivity contribution in [1.82, 2.24) is 19.3 Å². The molecule has 0 fully saturated rings. The summed E-state index contributed by atoms with van der Waals surface area (Å²) in [7, 11) is 1.53. The SMILES string of the molecule is CCn1c(CCCc2ccc(-c3ccc(OC)c(CC(=O)O)c3)cn2)nn(Cc2ccc(C(C)(C)C)cc2)c1=O. The number of methoxy groups -OCH3 is 1. The largest absolute Gasteiger partial charge is 0.496 e. The number of hydrogen-bond donors (Lipinski definition) is 1. The molecule has 0 unspecified atom stereocenters. The number of carboxylic acid groups (broad SMARTS) is 1. The lowest BCUT2D eigenvalue weighted by Gasteiger charge is -2.19. The molecule has 8 nitrogen and oxygen atoms in total. The van der Waals surface area contributed by atoms with Gasteiger partial charge in [0.15, 0.2) is 0 Å². The number of hydrogen-bond acceptors (Lipinski definition) is 5. The van der Waals surface area contributed by atoms with Crippen molar-refractivity contribution in [2.75, 3.05) is 7.11 Å². The van der Waals surface area contributed by atoms with E-state index in [0.717, 1.165) is 41.1 Å². The van der Waals surface area contributed by atoms with Crippen LogP contribution < -0.4 is 10.4 Å². The van der Waals surface area contributed by atoms with Crippen LogP contribution in [0.5, 0.6) is 5.75 Å². The zero-order valence-electron chi connectivity index (χ0n) is 24.0. The number of carbonyl (C=O) groups is 1. The Morgan fingerprint density at radius 2 is 1.73 bits per heavy atom. The van der Waals surface area contributed by atoms with Crippen molar-refractivity contribution in [3.05, 3.63) is 99.5 Å². The molecule has 0 spiro atoms. The van der Waals surface area contributed by atoms with Gasteiger partial charge < -0.3 is 9.84 Å². The Hall–Kier alpha value is -4.20. The number of benzene rings is 2. The molecule has 0 amide bonds. The normalized spacial score (nSPS) is 11.5. The molecule has 0 aliphatic carbocycles. The van der Waals surface area contributed by atoms with Crippen LogP contribution in [0.15, 0.2) is 65.6 Å². The van der Waals surface area contributed by atoms with E-state index in [1.54, 1.807) is 15.3 Å². The van der Waals surface area contributed by atoms with Gasteiger partial charge in [-0.3, -0.25) is 14.3 Å². The van der Waals surface area contributed by atoms with Crippen LogP contribution in [0.1, 0.15) is 62.3 Å². The highest BCUT2D eigenvalue weighted by Crippen LogP contribution is 2.27. The Labute approximate surface area is 235 Å². The first-order chi connectivity index (χ1) is 19.1. The molecule has 4 aromatic rings. The molecule has 0 bridgehead atoms. The average Bonchev–Trinajstić information content (AvgIpc) is 3.22. The smallest absolute Gasteiger partial charge is 0.346 e. The second-order valence-corrected chi connectivity index (χ2v) is 11.0. The average molecular weight is 543 g/mol. The number of aryl methyl sites for hydroxylation is 2. The fourth-order valence-corrected chi connectivity index (χ4v) is 4.80. The third-order valence-corrected chi connectivity index (χ3v) is 7.08. The van der Waals surface area contributed by atoms with Gasteiger partial charge in [-0.05, 0) is 60.1 Å². The van der Waals surface area contributed by atoms with Crippen LogP contribution in [-0.2, 0) is 42.6 Å². The third kappa shape index (κ3) is 6.86. The molecule has 0 radical (unpaired) electrons. The quantitative estimate of drug-likeness (QED) is 0.277. The number of rotatable bonds is 11. The first kappa shape index (κ1) is 28.8. The second-order valence-electron chi connectivity index (χ2n) is 11.0. The maximum absolute atomic E-state index is 13.0. The lowest BCUT2D eigenvalue weighted by atomic mass is 9.87. The van der Waals surface area contributed by atoms with Gasteiger partial charge in [0.2, 0.25) is 0 Å². The lowest BCUT2D eigenvalue weighted by molar-refractivity contribution is -0.136. The first-order valence-electron chi connectivity index (χ1n) is 13.7. The van der Waals surface area contributed by atoms with Crippen LogP contribution in [-0.4, -0.2) is 37.5 Å². The van der Waals surface area contributed by atoms with Gasteiger partial charge in [-0.2, -0.15) is 5.10 Å². The van der Waals surface area contributed by atoms with E-state index >= 15 is 0 Å². The monoisotopic (exact) mass is 542 g/mol. The van der Waals surface area contributed by atoms with Crippen molar-refractivity contribution in [1.29, 1.82) is 0 Å². The molecule has 210 valence electrons. The number of carboxylic acids is 1. The van der Waals surface area contributed by atoms with E-state index in [0.29, 0.717) is 30.8 Å². The minimum atomic E-state index is -0.906. The van der Waals surface area contributed by atoms with Crippen molar-refractivity contribution >= 4 is 5.97 Å². The van der Waals surface area contributed by atoms with Crippen LogP contribution in [0.25, 0.3) is 11.1 Å². The van der Waals surface area contributed by atoms with Gasteiger partial charge in [0, 0.05) is 36.0 Å². The van der Waals surface area contributed by atoms with Crippen molar-refractivity contribution in [2.24, 2.45) is 0 Å². The summed E-state index contributed by atoms with van der Waals surface area (Å²) in [5.41, 5.74) is 5.69. The number of aromatic nitrogens is 4. The number of nitrogens with zero attached hydrogens (tertiary/aromatic N) is 4. The minimum Gasteiger partial charge on any atom is -0.496 e. The highest BCUT2D eigenvalue weighted by Gasteiger charge is 2.15. The van der Waals surface area contributed by atoms with Gasteiger partial charge in [0.05, 0.1) is 20.1 Å². The third-order valence-electron chi connectivity index (χ3n) is 7.08. The molecule has 2 aromatic heterocycles. The van der Waals surface area contributed by atoms with E-state index in [9.17, 15) is 14.7 Å². The molecule has 2 aromatic carbocycles. The molecule has 2 heterocycles. The summed E-state index contributed by atoms with van der Waals surface area (Å²) < 4.78 is 8.61. The molecular formula is C32H38N4O4. The van der Waals surface area contributed by atoms with Crippen molar-refractivity contribution in [3.8, 4) is 16.9 Å². The highest BCUT2D eigenvalue weighted by atomic mass is 16.5. The summed E-state index contributed by atoms with van der Waals surface area (Å²) in [6.45, 7) is 9.56. The Morgan fingerprint density at radius 3 is 2.33 bits per heavy atom. The maximum Gasteiger partial charge on any atom is 0.346 e. The summed E-state index contributed by atoms with van der Waals surface area (Å²) in [5.74, 6) is 0.443. The zero-order valence-corrected chi connectivity index (χ0v) is 24.0. The molecule has 8 heteroatoms. The molecule has 1 N–H and O–H groups in total. The highest BCUT2D eigenvalue weighted by molar-refractivity contribution is 5.73. The molecular weight excluding hydrogens is 504 g/mol. The second kappa shape index (κ2) is 12.3. The lowest BCUT2D eigenvalue weighted by Crippen LogP contribution is -2.25. The van der Waals surface area contributed by atoms with Crippen LogP contribution in [0.4, 0.5) is 0 Å². The Bertz CT molecular complexity index is 1510. The molecule has 0 saturated heterocycles. The van der Waals surface area contributed by atoms with Crippen LogP contribution in [0.2, 0.25) is 0 Å². The Kier molecular flexibility index (Phi) is 8.87. The summed E-state index contributed by atoms with van der Waals surface area (Å²) in [5, 5.41) is 13.9. The molecule has 4 rings (SSSR count). The predicted molar refractivity (Wildman–Crippen MR) is 156 cm³/mol. The van der Waals surface area contributed by atoms with Crippen molar-refractivity contribution in [2.45, 2.75) is 71.9 Å². The van der Waals surface area contributed by atoms with Gasteiger partial charge in [-0.15, -0.1) is 0 Å². The molecule has 0 atom stereocenters. The van der Waals surface area contributed by atoms with E-state index in [2.05, 4.69) is 55.1 Å². The van der Waals surface area contributed by atoms with E-state index < -0.39 is 5.97 Å². The van der Waals surface area contributed by atoms with Crippen molar-refractivity contribution in [3.63, 3.8) is 0 Å². The molecule has 0 aliphatic heterocycles. The fourth-order valence-electron chi connectivity index (χ4n) is 4.80. The summed E-state index contributed by atoms with van der Waals surface area (Å²) in [6, 6.07) is 17.9. The predicted octanol–water partition coefficient (Wildman–Crippen LogP) is 5.28. The van der Waals surface area contributed by atoms with Crippen LogP contribution in [0, 0.1) is 0 Å². The van der Waals surface area contributed by atoms with E-state index in [4.69, 9.17) is 4.74 Å². The van der Waals surface area contributed by atoms with E-state index in [-0.39, 0.29) is 17.5 Å². The number of ether oxygens (including phenoxy) is 1. The summed E-state index contributed by atoms with van der Waals surface area (Å²) in [4.78, 5) is 28.8. The fraction of sp³-hybridized carbons (Fsp3) is 0.375. The Morgan fingerprint density at radius 1 is 1.00 bits per heavy atom. The van der Waals surface area contributed by atoms with Gasteiger partial charge in [-0.25, -0.2) is 9.48 Å². The minimum absolute atomic E-state index is 0.0818. The van der Waals surface area contributed by atoms with Crippen molar-refractivity contribution < 1.29 is 14.6 Å². The Balaban J connectivity index is 1.40. The standard InChI is InChI=1S/C32H38N4O4/c1-6-35-29(34-36(31(35)39)21-22-10-14-26(15-11-22)32(2,3)4)9-7-8-27-16-12-24(20-33-27)23-13-17-28(40-5)25(18-23)19-30(37)38/h10-18,20H,6-9,19,21H2,1-5H3,(H,37,38). The molecule has 0 aliphatic rings. The summed E-state index contributed by atoms with van der Waals surface area (Å²) >= 11 is 0. The van der Waals surface area contributed by atoms with E-state index in [1.807, 2.05) is 37.4 Å². The van der Waals surface area contributed by atoms with Gasteiger partial charge in [0.25, 0.3) is 0 Å². The van der Waals surface area contributed by atoms with Crippen LogP contribution in [0.3, 0.4) is 0 Å². The van der Waals surface area contributed by atoms with Crippen LogP contribution >= 0.6 is 0 Å². The zero-order chi connectivity index (χ0) is 28.9. The number of aliphatic carboxylic acids is 1. The maximum atomic E-state index is 13.0. The van der Waals surface area contributed by atoms with E-state index in [1.165, 1.54) is 12.7 Å². The topological polar surface area (TPSA) is 99.2 Å². The first-order valence-corrected chi connectivity index (χ1v) is 13.7. The van der Waals surface area contributed by atoms with Gasteiger partial charge in [-0.1, -0.05) is 57.2 Å². The van der Waals surface area contributed by atoms with Gasteiger partial charge >= 0.3 is 11.7 Å². The van der Waals surface area contributed by atoms with Gasteiger partial charge in [0.1, 0.15) is 11.6 Å².